The fourth-order valence-corrected chi connectivity index (χ4v) is 4.55. The zero-order valence-electron chi connectivity index (χ0n) is 18.8. The van der Waals surface area contributed by atoms with E-state index < -0.39 is 22.0 Å². The average Bonchev–Trinajstić information content (AvgIpc) is 3.07. The number of sulfonamides is 1. The first-order valence-corrected chi connectivity index (χ1v) is 12.9. The van der Waals surface area contributed by atoms with Gasteiger partial charge < -0.3 is 9.30 Å². The van der Waals surface area contributed by atoms with Crippen LogP contribution in [0.4, 0.5) is 0 Å². The smallest absolute Gasteiger partial charge is 0.256 e. The minimum Gasteiger partial charge on any atom is -0.494 e. The number of carbonyl (C=O) groups excluding carboxylic acids is 1. The molecule has 172 valence electrons. The van der Waals surface area contributed by atoms with Crippen LogP contribution < -0.4 is 9.46 Å². The number of nitrogens with one attached hydrogen (secondary N) is 1. The van der Waals surface area contributed by atoms with Crippen molar-refractivity contribution < 1.29 is 17.9 Å². The van der Waals surface area contributed by atoms with E-state index in [0.717, 1.165) is 57.5 Å². The van der Waals surface area contributed by atoms with Gasteiger partial charge in [0.15, 0.2) is 0 Å². The number of hydrogen-bond donors (Lipinski definition) is 1. The van der Waals surface area contributed by atoms with Gasteiger partial charge in [0, 0.05) is 22.1 Å². The monoisotopic (exact) mass is 476 g/mol. The molecule has 0 fully saturated rings. The van der Waals surface area contributed by atoms with Gasteiger partial charge in [-0.1, -0.05) is 36.7 Å². The Hall–Kier alpha value is -2.51. The highest BCUT2D eigenvalue weighted by atomic mass is 35.5. The van der Waals surface area contributed by atoms with E-state index in [9.17, 15) is 13.2 Å². The maximum atomic E-state index is 12.6. The van der Waals surface area contributed by atoms with Crippen LogP contribution in [0.3, 0.4) is 0 Å². The number of amides is 1. The van der Waals surface area contributed by atoms with Gasteiger partial charge in [0.25, 0.3) is 5.91 Å². The molecule has 0 bridgehead atoms. The molecule has 1 aromatic heterocycles. The molecule has 3 aromatic rings. The van der Waals surface area contributed by atoms with Crippen molar-refractivity contribution in [1.82, 2.24) is 9.29 Å². The summed E-state index contributed by atoms with van der Waals surface area (Å²) in [5.74, 6) is 0.273. The van der Waals surface area contributed by atoms with Crippen molar-refractivity contribution in [2.24, 2.45) is 0 Å². The number of carbonyl (C=O) groups is 1. The number of aromatic nitrogens is 1. The number of para-hydroxylation sites is 1. The lowest BCUT2D eigenvalue weighted by atomic mass is 10.1. The molecule has 2 aromatic carbocycles. The van der Waals surface area contributed by atoms with E-state index in [2.05, 4.69) is 4.72 Å². The van der Waals surface area contributed by atoms with Gasteiger partial charge in [-0.2, -0.15) is 0 Å². The highest BCUT2D eigenvalue weighted by molar-refractivity contribution is 7.89. The summed E-state index contributed by atoms with van der Waals surface area (Å²) in [7, 11) is -3.62. The van der Waals surface area contributed by atoms with Crippen molar-refractivity contribution in [2.45, 2.75) is 46.1 Å². The third-order valence-corrected chi connectivity index (χ3v) is 6.57. The fourth-order valence-electron chi connectivity index (χ4n) is 3.94. The van der Waals surface area contributed by atoms with Gasteiger partial charge in [0.2, 0.25) is 10.0 Å². The van der Waals surface area contributed by atoms with Crippen LogP contribution in [0.25, 0.3) is 10.9 Å². The maximum Gasteiger partial charge on any atom is 0.256 e. The number of fused-ring (bicyclic) bond motifs is 1. The molecule has 8 heteroatoms. The Bertz CT molecular complexity index is 1210. The lowest BCUT2D eigenvalue weighted by Crippen LogP contribution is -2.35. The lowest BCUT2D eigenvalue weighted by Gasteiger charge is -2.17. The van der Waals surface area contributed by atoms with Crippen molar-refractivity contribution in [3.05, 3.63) is 64.3 Å². The number of aryl methyl sites for hydroxylation is 3. The van der Waals surface area contributed by atoms with Crippen molar-refractivity contribution >= 4 is 38.4 Å². The molecule has 0 aliphatic carbocycles. The minimum atomic E-state index is -3.62. The summed E-state index contributed by atoms with van der Waals surface area (Å²) in [6.07, 6.45) is 4.97. The molecule has 0 aliphatic rings. The largest absolute Gasteiger partial charge is 0.494 e. The van der Waals surface area contributed by atoms with Crippen LogP contribution >= 0.6 is 11.6 Å². The van der Waals surface area contributed by atoms with Crippen LogP contribution in [0.2, 0.25) is 5.02 Å². The summed E-state index contributed by atoms with van der Waals surface area (Å²) >= 11 is 6.22. The summed E-state index contributed by atoms with van der Waals surface area (Å²) in [6.45, 7) is 6.33. The van der Waals surface area contributed by atoms with Gasteiger partial charge in [0.1, 0.15) is 11.8 Å². The standard InChI is InChI=1S/C24H29ClN2O4S/c1-5-21(24(28)26-32(4,29)30)27-15-18(20-10-6-7-11-22(20)27)9-8-12-31-19-13-16(2)23(25)17(3)14-19/h6-7,10-11,13-15,21H,5,8-9,12H2,1-4H3,(H,26,28). The lowest BCUT2D eigenvalue weighted by molar-refractivity contribution is -0.122. The van der Waals surface area contributed by atoms with Crippen molar-refractivity contribution in [1.29, 1.82) is 0 Å². The Labute approximate surface area is 194 Å². The predicted octanol–water partition coefficient (Wildman–Crippen LogP) is 4.95. The van der Waals surface area contributed by atoms with Gasteiger partial charge in [-0.25, -0.2) is 8.42 Å². The van der Waals surface area contributed by atoms with Crippen LogP contribution in [-0.2, 0) is 21.2 Å². The summed E-state index contributed by atoms with van der Waals surface area (Å²) in [5, 5.41) is 1.81. The maximum absolute atomic E-state index is 12.6. The van der Waals surface area contributed by atoms with E-state index in [-0.39, 0.29) is 0 Å². The predicted molar refractivity (Wildman–Crippen MR) is 129 cm³/mol. The molecule has 0 spiro atoms. The molecule has 0 saturated heterocycles. The number of ether oxygens (including phenoxy) is 1. The van der Waals surface area contributed by atoms with Gasteiger partial charge in [-0.05, 0) is 68.0 Å². The molecule has 3 rings (SSSR count). The van der Waals surface area contributed by atoms with Crippen molar-refractivity contribution in [2.75, 3.05) is 12.9 Å². The summed E-state index contributed by atoms with van der Waals surface area (Å²) < 4.78 is 33.0. The first-order chi connectivity index (χ1) is 15.1. The molecular weight excluding hydrogens is 448 g/mol. The highest BCUT2D eigenvalue weighted by Gasteiger charge is 2.23. The van der Waals surface area contributed by atoms with Gasteiger partial charge in [-0.3, -0.25) is 9.52 Å². The number of hydrogen-bond acceptors (Lipinski definition) is 4. The molecule has 1 heterocycles. The molecule has 1 amide bonds. The van der Waals surface area contributed by atoms with Gasteiger partial charge in [0.05, 0.1) is 12.9 Å². The van der Waals surface area contributed by atoms with E-state index in [1.54, 1.807) is 0 Å². The fraction of sp³-hybridized carbons (Fsp3) is 0.375. The van der Waals surface area contributed by atoms with E-state index in [4.69, 9.17) is 16.3 Å². The summed E-state index contributed by atoms with van der Waals surface area (Å²) in [4.78, 5) is 12.6. The van der Waals surface area contributed by atoms with E-state index in [1.165, 1.54) is 0 Å². The molecule has 1 unspecified atom stereocenters. The Morgan fingerprint density at radius 3 is 2.47 bits per heavy atom. The number of nitrogens with zero attached hydrogens (tertiary/aromatic N) is 1. The van der Waals surface area contributed by atoms with Crippen molar-refractivity contribution in [3.8, 4) is 5.75 Å². The molecule has 1 atom stereocenters. The van der Waals surface area contributed by atoms with E-state index in [1.807, 2.05) is 67.9 Å². The summed E-state index contributed by atoms with van der Waals surface area (Å²) in [6, 6.07) is 11.1. The Kier molecular flexibility index (Phi) is 7.51. The molecular formula is C24H29ClN2O4S. The van der Waals surface area contributed by atoms with Crippen molar-refractivity contribution in [3.63, 3.8) is 0 Å². The summed E-state index contributed by atoms with van der Waals surface area (Å²) in [5.41, 5.74) is 3.98. The zero-order valence-corrected chi connectivity index (χ0v) is 20.4. The van der Waals surface area contributed by atoms with Crippen LogP contribution in [0.5, 0.6) is 5.75 Å². The number of rotatable bonds is 9. The SMILES string of the molecule is CCC(C(=O)NS(C)(=O)=O)n1cc(CCCOc2cc(C)c(Cl)c(C)c2)c2ccccc21. The molecule has 0 saturated carbocycles. The molecule has 1 N–H and O–H groups in total. The quantitative estimate of drug-likeness (QED) is 0.443. The second-order valence-electron chi connectivity index (χ2n) is 8.06. The molecule has 6 nitrogen and oxygen atoms in total. The second-order valence-corrected chi connectivity index (χ2v) is 10.2. The van der Waals surface area contributed by atoms with Gasteiger partial charge >= 0.3 is 0 Å². The molecule has 0 aliphatic heterocycles. The first kappa shape index (κ1) is 24.1. The second kappa shape index (κ2) is 9.96. The molecule has 32 heavy (non-hydrogen) atoms. The highest BCUT2D eigenvalue weighted by Crippen LogP contribution is 2.28. The van der Waals surface area contributed by atoms with Gasteiger partial charge in [-0.15, -0.1) is 0 Å². The minimum absolute atomic E-state index is 0.470. The average molecular weight is 477 g/mol. The number of benzene rings is 2. The number of halogens is 1. The van der Waals surface area contributed by atoms with E-state index >= 15 is 0 Å². The van der Waals surface area contributed by atoms with E-state index in [0.29, 0.717) is 13.0 Å². The van der Waals surface area contributed by atoms with Crippen LogP contribution in [0, 0.1) is 13.8 Å². The third kappa shape index (κ3) is 5.64. The molecule has 0 radical (unpaired) electrons. The van der Waals surface area contributed by atoms with Crippen LogP contribution in [0.1, 0.15) is 42.5 Å². The topological polar surface area (TPSA) is 77.4 Å². The normalized spacial score (nSPS) is 12.7. The Morgan fingerprint density at radius 2 is 1.84 bits per heavy atom. The van der Waals surface area contributed by atoms with Crippen LogP contribution in [-0.4, -0.2) is 31.8 Å². The third-order valence-electron chi connectivity index (χ3n) is 5.40. The zero-order chi connectivity index (χ0) is 23.5. The first-order valence-electron chi connectivity index (χ1n) is 10.6. The Morgan fingerprint density at radius 1 is 1.19 bits per heavy atom. The Balaban J connectivity index is 1.76. The van der Waals surface area contributed by atoms with Crippen LogP contribution in [0.15, 0.2) is 42.6 Å².